The second-order valence-corrected chi connectivity index (χ2v) is 4.86. The fourth-order valence-corrected chi connectivity index (χ4v) is 2.29. The topological polar surface area (TPSA) is 84.4 Å². The fourth-order valence-electron chi connectivity index (χ4n) is 2.29. The maximum Gasteiger partial charge on any atom is 0.240 e. The van der Waals surface area contributed by atoms with Crippen molar-refractivity contribution in [3.8, 4) is 0 Å². The second kappa shape index (κ2) is 5.97. The molecule has 0 radical (unpaired) electrons. The van der Waals surface area contributed by atoms with Crippen LogP contribution in [0.2, 0.25) is 0 Å². The van der Waals surface area contributed by atoms with Gasteiger partial charge in [-0.3, -0.25) is 15.0 Å². The molecular formula is C12H20N4O2. The highest BCUT2D eigenvalue weighted by molar-refractivity contribution is 5.90. The molecule has 3 N–H and O–H groups in total. The average Bonchev–Trinajstić information content (AvgIpc) is 2.74. The maximum absolute atomic E-state index is 11.8. The van der Waals surface area contributed by atoms with E-state index in [2.05, 4.69) is 15.4 Å². The molecule has 1 aromatic rings. The molecule has 0 spiro atoms. The van der Waals surface area contributed by atoms with Crippen molar-refractivity contribution in [3.63, 3.8) is 0 Å². The molecule has 1 saturated heterocycles. The lowest BCUT2D eigenvalue weighted by atomic mass is 9.98. The van der Waals surface area contributed by atoms with Crippen LogP contribution in [0.4, 0.5) is 5.88 Å². The highest BCUT2D eigenvalue weighted by Gasteiger charge is 2.20. The standard InChI is InChI=1S/C12H20N4O2/c1-9-5-12(18-15-9)14-11(17)8-16-4-2-3-10(6-13)7-16/h5,10H,2-4,6-8,13H2,1H3,(H,14,17). The van der Waals surface area contributed by atoms with Crippen LogP contribution in [-0.4, -0.2) is 42.1 Å². The molecule has 0 saturated carbocycles. The Morgan fingerprint density at radius 2 is 2.56 bits per heavy atom. The normalized spacial score (nSPS) is 20.9. The quantitative estimate of drug-likeness (QED) is 0.819. The molecular weight excluding hydrogens is 232 g/mol. The van der Waals surface area contributed by atoms with Crippen molar-refractivity contribution in [2.45, 2.75) is 19.8 Å². The molecule has 1 unspecified atom stereocenters. The van der Waals surface area contributed by atoms with Gasteiger partial charge in [-0.2, -0.15) is 0 Å². The Morgan fingerprint density at radius 1 is 1.72 bits per heavy atom. The zero-order valence-electron chi connectivity index (χ0n) is 10.7. The van der Waals surface area contributed by atoms with Crippen molar-refractivity contribution >= 4 is 11.8 Å². The zero-order valence-corrected chi connectivity index (χ0v) is 10.7. The number of rotatable bonds is 4. The van der Waals surface area contributed by atoms with Crippen molar-refractivity contribution < 1.29 is 9.32 Å². The zero-order chi connectivity index (χ0) is 13.0. The van der Waals surface area contributed by atoms with E-state index in [1.165, 1.54) is 0 Å². The maximum atomic E-state index is 11.8. The van der Waals surface area contributed by atoms with Gasteiger partial charge in [-0.05, 0) is 38.8 Å². The highest BCUT2D eigenvalue weighted by Crippen LogP contribution is 2.15. The van der Waals surface area contributed by atoms with Crippen LogP contribution in [0.25, 0.3) is 0 Å². The molecule has 0 bridgehead atoms. The van der Waals surface area contributed by atoms with Crippen LogP contribution in [0.5, 0.6) is 0 Å². The van der Waals surface area contributed by atoms with Crippen LogP contribution in [0.1, 0.15) is 18.5 Å². The third-order valence-corrected chi connectivity index (χ3v) is 3.19. The number of nitrogens with one attached hydrogen (secondary N) is 1. The van der Waals surface area contributed by atoms with Gasteiger partial charge in [0.05, 0.1) is 12.2 Å². The summed E-state index contributed by atoms with van der Waals surface area (Å²) in [5.41, 5.74) is 6.43. The molecule has 1 aliphatic rings. The largest absolute Gasteiger partial charge is 0.338 e. The number of carbonyl (C=O) groups is 1. The summed E-state index contributed by atoms with van der Waals surface area (Å²) in [6.07, 6.45) is 2.27. The summed E-state index contributed by atoms with van der Waals surface area (Å²) in [5.74, 6) is 0.854. The van der Waals surface area contributed by atoms with Crippen molar-refractivity contribution in [3.05, 3.63) is 11.8 Å². The van der Waals surface area contributed by atoms with E-state index in [-0.39, 0.29) is 5.91 Å². The predicted molar refractivity (Wildman–Crippen MR) is 68.1 cm³/mol. The van der Waals surface area contributed by atoms with E-state index >= 15 is 0 Å². The monoisotopic (exact) mass is 252 g/mol. The number of carbonyl (C=O) groups excluding carboxylic acids is 1. The SMILES string of the molecule is Cc1cc(NC(=O)CN2CCCC(CN)C2)on1. The molecule has 6 heteroatoms. The van der Waals surface area contributed by atoms with E-state index in [1.807, 2.05) is 6.92 Å². The minimum Gasteiger partial charge on any atom is -0.338 e. The Morgan fingerprint density at radius 3 is 3.22 bits per heavy atom. The van der Waals surface area contributed by atoms with Gasteiger partial charge in [-0.15, -0.1) is 0 Å². The Hall–Kier alpha value is -1.40. The number of nitrogens with zero attached hydrogens (tertiary/aromatic N) is 2. The summed E-state index contributed by atoms with van der Waals surface area (Å²) in [5, 5.41) is 6.42. The van der Waals surface area contributed by atoms with Crippen molar-refractivity contribution in [2.75, 3.05) is 31.5 Å². The van der Waals surface area contributed by atoms with Crippen LogP contribution in [0.3, 0.4) is 0 Å². The van der Waals surface area contributed by atoms with Crippen LogP contribution in [0.15, 0.2) is 10.6 Å². The number of hydrogen-bond acceptors (Lipinski definition) is 5. The lowest BCUT2D eigenvalue weighted by Crippen LogP contribution is -2.42. The Bertz CT molecular complexity index is 405. The smallest absolute Gasteiger partial charge is 0.240 e. The number of piperidine rings is 1. The number of aromatic nitrogens is 1. The van der Waals surface area contributed by atoms with E-state index in [0.717, 1.165) is 31.6 Å². The van der Waals surface area contributed by atoms with Crippen LogP contribution >= 0.6 is 0 Å². The first kappa shape index (κ1) is 13.0. The first-order valence-electron chi connectivity index (χ1n) is 6.33. The number of likely N-dealkylation sites (tertiary alicyclic amines) is 1. The third-order valence-electron chi connectivity index (χ3n) is 3.19. The van der Waals surface area contributed by atoms with Crippen molar-refractivity contribution in [2.24, 2.45) is 11.7 Å². The molecule has 1 amide bonds. The van der Waals surface area contributed by atoms with Gasteiger partial charge in [0.2, 0.25) is 11.8 Å². The van der Waals surface area contributed by atoms with E-state index in [9.17, 15) is 4.79 Å². The summed E-state index contributed by atoms with van der Waals surface area (Å²) in [6.45, 7) is 4.75. The number of aryl methyl sites for hydroxylation is 1. The van der Waals surface area contributed by atoms with Crippen LogP contribution in [-0.2, 0) is 4.79 Å². The molecule has 1 fully saturated rings. The van der Waals surface area contributed by atoms with Gasteiger partial charge in [-0.25, -0.2) is 0 Å². The fraction of sp³-hybridized carbons (Fsp3) is 0.667. The molecule has 1 atom stereocenters. The average molecular weight is 252 g/mol. The number of anilines is 1. The molecule has 1 aromatic heterocycles. The van der Waals surface area contributed by atoms with Gasteiger partial charge in [0.15, 0.2) is 0 Å². The lowest BCUT2D eigenvalue weighted by Gasteiger charge is -2.31. The number of amides is 1. The Labute approximate surface area is 106 Å². The van der Waals surface area contributed by atoms with Crippen molar-refractivity contribution in [1.82, 2.24) is 10.1 Å². The molecule has 18 heavy (non-hydrogen) atoms. The molecule has 0 aliphatic carbocycles. The van der Waals surface area contributed by atoms with Gasteiger partial charge in [-0.1, -0.05) is 5.16 Å². The second-order valence-electron chi connectivity index (χ2n) is 4.86. The molecule has 2 rings (SSSR count). The lowest BCUT2D eigenvalue weighted by molar-refractivity contribution is -0.117. The predicted octanol–water partition coefficient (Wildman–Crippen LogP) is 0.592. The minimum absolute atomic E-state index is 0.0659. The number of nitrogens with two attached hydrogens (primary N) is 1. The molecule has 1 aliphatic heterocycles. The highest BCUT2D eigenvalue weighted by atomic mass is 16.5. The first-order valence-corrected chi connectivity index (χ1v) is 6.33. The van der Waals surface area contributed by atoms with E-state index in [4.69, 9.17) is 10.3 Å². The van der Waals surface area contributed by atoms with Gasteiger partial charge >= 0.3 is 0 Å². The summed E-state index contributed by atoms with van der Waals surface area (Å²) in [6, 6.07) is 1.71. The van der Waals surface area contributed by atoms with Gasteiger partial charge in [0.1, 0.15) is 0 Å². The van der Waals surface area contributed by atoms with E-state index in [1.54, 1.807) is 6.07 Å². The Balaban J connectivity index is 1.80. The molecule has 100 valence electrons. The molecule has 6 nitrogen and oxygen atoms in total. The first-order chi connectivity index (χ1) is 8.67. The van der Waals surface area contributed by atoms with E-state index < -0.39 is 0 Å². The summed E-state index contributed by atoms with van der Waals surface area (Å²) < 4.78 is 4.95. The Kier molecular flexibility index (Phi) is 4.33. The van der Waals surface area contributed by atoms with Gasteiger partial charge < -0.3 is 10.3 Å². The van der Waals surface area contributed by atoms with Gasteiger partial charge in [0, 0.05) is 12.6 Å². The minimum atomic E-state index is -0.0659. The molecule has 2 heterocycles. The third kappa shape index (κ3) is 3.54. The van der Waals surface area contributed by atoms with Crippen molar-refractivity contribution in [1.29, 1.82) is 0 Å². The van der Waals surface area contributed by atoms with Crippen LogP contribution in [0, 0.1) is 12.8 Å². The summed E-state index contributed by atoms with van der Waals surface area (Å²) in [4.78, 5) is 14.0. The van der Waals surface area contributed by atoms with E-state index in [0.29, 0.717) is 24.9 Å². The molecule has 0 aromatic carbocycles. The van der Waals surface area contributed by atoms with Crippen LogP contribution < -0.4 is 11.1 Å². The summed E-state index contributed by atoms with van der Waals surface area (Å²) in [7, 11) is 0. The van der Waals surface area contributed by atoms with Gasteiger partial charge in [0.25, 0.3) is 0 Å². The summed E-state index contributed by atoms with van der Waals surface area (Å²) >= 11 is 0. The number of hydrogen-bond donors (Lipinski definition) is 2.